The molecule has 1 heterocycles. The van der Waals surface area contributed by atoms with E-state index in [4.69, 9.17) is 4.84 Å². The van der Waals surface area contributed by atoms with Gasteiger partial charge in [-0.15, -0.1) is 18.0 Å². The number of carbonyl (C=O) groups excluding carboxylic acids is 1. The van der Waals surface area contributed by atoms with Crippen molar-refractivity contribution in [3.8, 4) is 5.75 Å². The third kappa shape index (κ3) is 3.11. The maximum Gasteiger partial charge on any atom is 1.00 e. The molecule has 0 fully saturated rings. The number of nitrogens with zero attached hydrogens (tertiary/aromatic N) is 2. The quantitative estimate of drug-likeness (QED) is 0.453. The first-order valence-electron chi connectivity index (χ1n) is 4.10. The summed E-state index contributed by atoms with van der Waals surface area (Å²) in [7, 11) is 0. The molecule has 72 valence electrons. The molecule has 0 aromatic heterocycles. The Morgan fingerprint density at radius 2 is 2.12 bits per heavy atom. The van der Waals surface area contributed by atoms with Gasteiger partial charge in [-0.1, -0.05) is 12.1 Å². The van der Waals surface area contributed by atoms with Crippen molar-refractivity contribution in [1.29, 1.82) is 0 Å². The fourth-order valence-electron chi connectivity index (χ4n) is 1.23. The molecule has 2 rings (SSSR count). The first-order chi connectivity index (χ1) is 6.66. The summed E-state index contributed by atoms with van der Waals surface area (Å²) < 4.78 is 0. The van der Waals surface area contributed by atoms with Crippen molar-refractivity contribution < 1.29 is 47.4 Å². The predicted molar refractivity (Wildman–Crippen MR) is 53.2 cm³/mol. The first-order valence-corrected chi connectivity index (χ1v) is 4.10. The Kier molecular flexibility index (Phi) is 5.79. The number of benzene rings is 1. The summed E-state index contributed by atoms with van der Waals surface area (Å²) in [5.41, 5.74) is 5.71. The molecule has 0 N–H and O–H groups in total. The molecule has 6 heteroatoms. The van der Waals surface area contributed by atoms with Crippen molar-refractivity contribution in [2.45, 2.75) is 6.92 Å². The van der Waals surface area contributed by atoms with Crippen molar-refractivity contribution >= 4 is 17.3 Å². The molecule has 0 radical (unpaired) electrons. The Hall–Kier alpha value is -0.775. The zero-order valence-corrected chi connectivity index (χ0v) is 9.65. The normalized spacial score (nSPS) is 11.2. The maximum absolute atomic E-state index is 10.7. The minimum atomic E-state index is -0.237. The van der Waals surface area contributed by atoms with Gasteiger partial charge in [-0.05, 0) is 13.0 Å². The van der Waals surface area contributed by atoms with Crippen molar-refractivity contribution in [2.75, 3.05) is 0 Å². The molecule has 0 aliphatic carbocycles. The zero-order valence-electron chi connectivity index (χ0n) is 9.65. The van der Waals surface area contributed by atoms with Crippen molar-refractivity contribution in [2.24, 2.45) is 0 Å². The van der Waals surface area contributed by atoms with Crippen LogP contribution in [0.25, 0.3) is 16.5 Å². The monoisotopic (exact) mass is 202 g/mol. The van der Waals surface area contributed by atoms with Crippen molar-refractivity contribution in [3.63, 3.8) is 0 Å². The number of rotatable bonds is 1. The molecule has 4 nitrogen and oxygen atoms in total. The van der Waals surface area contributed by atoms with Crippen molar-refractivity contribution in [3.05, 3.63) is 41.1 Å². The summed E-state index contributed by atoms with van der Waals surface area (Å²) in [6, 6.07) is 5.18. The number of fused-ring (bicyclic) bond motifs is 1. The summed E-state index contributed by atoms with van der Waals surface area (Å²) in [4.78, 5) is 15.7. The molecule has 1 aliphatic rings. The van der Waals surface area contributed by atoms with Crippen LogP contribution < -0.4 is 42.6 Å². The summed E-state index contributed by atoms with van der Waals surface area (Å²) >= 11 is 0. The standard InChI is InChI=1S/C10H9N2O2.2Li/c1-6-9-4-3-8(11-7(2)13)5-10(9)14-12-6;;/h3-5H,1H2,2H3,(H,11,13);;/q-1;2*+1/p-1. The van der Waals surface area contributed by atoms with Gasteiger partial charge in [0, 0.05) is 5.56 Å². The summed E-state index contributed by atoms with van der Waals surface area (Å²) in [5, 5.41) is 3.77. The molecule has 0 bridgehead atoms. The van der Waals surface area contributed by atoms with Crippen LogP contribution in [0.15, 0.2) is 24.8 Å². The summed E-state index contributed by atoms with van der Waals surface area (Å²) in [6.07, 6.45) is 0. The molecule has 0 unspecified atom stereocenters. The summed E-state index contributed by atoms with van der Waals surface area (Å²) in [5.74, 6) is 0.358. The van der Waals surface area contributed by atoms with Gasteiger partial charge < -0.3 is 20.4 Å². The SMILES string of the molecule is C=C1[N-]Oc2cc([N-]C(C)=O)ccc21.[Li+].[Li+]. The van der Waals surface area contributed by atoms with E-state index in [0.29, 0.717) is 17.1 Å². The molecular weight excluding hydrogens is 194 g/mol. The molecule has 0 atom stereocenters. The molecule has 0 spiro atoms. The Bertz CT molecular complexity index is 421. The largest absolute Gasteiger partial charge is 1.00 e. The van der Waals surface area contributed by atoms with E-state index >= 15 is 0 Å². The number of amides is 1. The van der Waals surface area contributed by atoms with Gasteiger partial charge in [0.05, 0.1) is 5.91 Å². The van der Waals surface area contributed by atoms with Crippen LogP contribution in [0.5, 0.6) is 5.75 Å². The molecule has 1 aliphatic heterocycles. The number of carbonyl (C=O) groups is 1. The van der Waals surface area contributed by atoms with Gasteiger partial charge in [-0.25, -0.2) is 0 Å². The van der Waals surface area contributed by atoms with Crippen LogP contribution in [-0.4, -0.2) is 5.91 Å². The van der Waals surface area contributed by atoms with E-state index in [1.807, 2.05) is 0 Å². The van der Waals surface area contributed by atoms with E-state index in [1.165, 1.54) is 6.92 Å². The van der Waals surface area contributed by atoms with E-state index in [-0.39, 0.29) is 43.6 Å². The second-order valence-electron chi connectivity index (χ2n) is 2.94. The van der Waals surface area contributed by atoms with Gasteiger partial charge in [0.1, 0.15) is 5.75 Å². The predicted octanol–water partition coefficient (Wildman–Crippen LogP) is -3.10. The molecule has 1 aromatic rings. The Balaban J connectivity index is 0.00000112. The number of hydroxylamine groups is 1. The maximum atomic E-state index is 10.7. The second-order valence-corrected chi connectivity index (χ2v) is 2.94. The van der Waals surface area contributed by atoms with Crippen molar-refractivity contribution in [1.82, 2.24) is 0 Å². The number of hydrogen-bond donors (Lipinski definition) is 0. The fraction of sp³-hybridized carbons (Fsp3) is 0.100. The van der Waals surface area contributed by atoms with E-state index in [2.05, 4.69) is 17.4 Å². The van der Waals surface area contributed by atoms with Crippen LogP contribution in [0.4, 0.5) is 5.69 Å². The topological polar surface area (TPSA) is 54.5 Å². The minimum Gasteiger partial charge on any atom is -0.627 e. The molecule has 16 heavy (non-hydrogen) atoms. The smallest absolute Gasteiger partial charge is 0.627 e. The molecule has 1 aromatic carbocycles. The average molecular weight is 202 g/mol. The average Bonchev–Trinajstić information content (AvgIpc) is 2.46. The molecule has 0 saturated heterocycles. The third-order valence-corrected chi connectivity index (χ3v) is 1.82. The van der Waals surface area contributed by atoms with E-state index < -0.39 is 0 Å². The van der Waals surface area contributed by atoms with Gasteiger partial charge >= 0.3 is 37.7 Å². The van der Waals surface area contributed by atoms with Crippen LogP contribution in [-0.2, 0) is 4.79 Å². The van der Waals surface area contributed by atoms with Gasteiger partial charge in [-0.2, -0.15) is 0 Å². The van der Waals surface area contributed by atoms with Crippen LogP contribution in [0.2, 0.25) is 0 Å². The molecular formula is C10H8Li2N2O2. The zero-order chi connectivity index (χ0) is 10.1. The van der Waals surface area contributed by atoms with E-state index in [1.54, 1.807) is 18.2 Å². The van der Waals surface area contributed by atoms with E-state index in [0.717, 1.165) is 5.56 Å². The van der Waals surface area contributed by atoms with Crippen LogP contribution >= 0.6 is 0 Å². The second kappa shape index (κ2) is 6.08. The fourth-order valence-corrected chi connectivity index (χ4v) is 1.23. The Labute approximate surface area is 118 Å². The van der Waals surface area contributed by atoms with Crippen LogP contribution in [0.1, 0.15) is 12.5 Å². The van der Waals surface area contributed by atoms with Gasteiger partial charge in [0.2, 0.25) is 0 Å². The molecule has 0 saturated carbocycles. The minimum absolute atomic E-state index is 0. The first kappa shape index (κ1) is 15.2. The van der Waals surface area contributed by atoms with Crippen LogP contribution in [0.3, 0.4) is 0 Å². The van der Waals surface area contributed by atoms with Crippen LogP contribution in [0, 0.1) is 0 Å². The van der Waals surface area contributed by atoms with E-state index in [9.17, 15) is 4.79 Å². The third-order valence-electron chi connectivity index (χ3n) is 1.82. The van der Waals surface area contributed by atoms with Gasteiger partial charge in [0.15, 0.2) is 0 Å². The van der Waals surface area contributed by atoms with Gasteiger partial charge in [-0.3, -0.25) is 0 Å². The summed E-state index contributed by atoms with van der Waals surface area (Å²) in [6.45, 7) is 5.10. The Morgan fingerprint density at radius 3 is 2.75 bits per heavy atom. The number of hydrogen-bond acceptors (Lipinski definition) is 2. The Morgan fingerprint density at radius 1 is 1.44 bits per heavy atom. The molecule has 1 amide bonds. The van der Waals surface area contributed by atoms with Gasteiger partial charge in [0.25, 0.3) is 0 Å².